The first-order valence-corrected chi connectivity index (χ1v) is 14.9. The lowest BCUT2D eigenvalue weighted by molar-refractivity contribution is -0.0917. The molecule has 208 valence electrons. The zero-order valence-corrected chi connectivity index (χ0v) is 24.6. The van der Waals surface area contributed by atoms with E-state index in [1.54, 1.807) is 0 Å². The van der Waals surface area contributed by atoms with Crippen molar-refractivity contribution < 1.29 is 13.9 Å². The maximum Gasteiger partial charge on any atom is 0.330 e. The van der Waals surface area contributed by atoms with E-state index in [9.17, 15) is 9.59 Å². The van der Waals surface area contributed by atoms with Gasteiger partial charge in [0.05, 0.1) is 12.7 Å². The van der Waals surface area contributed by atoms with Crippen LogP contribution in [0.15, 0.2) is 113 Å². The molecule has 8 heteroatoms. The van der Waals surface area contributed by atoms with Crippen LogP contribution in [0.3, 0.4) is 0 Å². The Morgan fingerprint density at radius 2 is 1.38 bits per heavy atom. The minimum absolute atomic E-state index is 0.0835. The maximum atomic E-state index is 12.6. The van der Waals surface area contributed by atoms with Crippen molar-refractivity contribution in [3.05, 3.63) is 141 Å². The van der Waals surface area contributed by atoms with Gasteiger partial charge in [0.2, 0.25) is 0 Å². The third-order valence-electron chi connectivity index (χ3n) is 7.08. The van der Waals surface area contributed by atoms with Crippen LogP contribution in [0.25, 0.3) is 0 Å². The normalized spacial score (nSPS) is 19.8. The van der Waals surface area contributed by atoms with Gasteiger partial charge in [-0.15, -0.1) is 0 Å². The molecule has 5 rings (SSSR count). The molecule has 40 heavy (non-hydrogen) atoms. The van der Waals surface area contributed by atoms with Crippen LogP contribution in [0.5, 0.6) is 0 Å². The van der Waals surface area contributed by atoms with E-state index < -0.39 is 38.9 Å². The zero-order chi connectivity index (χ0) is 28.2. The van der Waals surface area contributed by atoms with Crippen LogP contribution >= 0.6 is 0 Å². The van der Waals surface area contributed by atoms with E-state index in [2.05, 4.69) is 62.2 Å². The van der Waals surface area contributed by atoms with Crippen molar-refractivity contribution in [1.82, 2.24) is 9.55 Å². The summed E-state index contributed by atoms with van der Waals surface area (Å²) in [6.45, 7) is 6.76. The van der Waals surface area contributed by atoms with Crippen LogP contribution in [-0.2, 0) is 19.5 Å². The predicted octanol–water partition coefficient (Wildman–Crippen LogP) is 4.52. The second-order valence-electron chi connectivity index (χ2n) is 11.4. The maximum absolute atomic E-state index is 12.6. The summed E-state index contributed by atoms with van der Waals surface area (Å²) in [7, 11) is -0.914. The number of benzene rings is 3. The van der Waals surface area contributed by atoms with Crippen molar-refractivity contribution in [3.63, 3.8) is 0 Å². The lowest BCUT2D eigenvalue weighted by Gasteiger charge is -2.37. The molecule has 3 aromatic carbocycles. The van der Waals surface area contributed by atoms with Crippen LogP contribution in [0.1, 0.15) is 50.1 Å². The average Bonchev–Trinajstić information content (AvgIpc) is 3.36. The van der Waals surface area contributed by atoms with Crippen molar-refractivity contribution >= 4 is 9.76 Å². The lowest BCUT2D eigenvalue weighted by atomic mass is 9.80. The van der Waals surface area contributed by atoms with Gasteiger partial charge in [0.15, 0.2) is 9.76 Å². The molecule has 0 aliphatic carbocycles. The van der Waals surface area contributed by atoms with Crippen molar-refractivity contribution in [2.75, 3.05) is 6.61 Å². The molecule has 1 aliphatic rings. The van der Waals surface area contributed by atoms with Crippen molar-refractivity contribution in [2.45, 2.75) is 56.3 Å². The van der Waals surface area contributed by atoms with Crippen LogP contribution in [0.2, 0.25) is 5.04 Å². The van der Waals surface area contributed by atoms with Gasteiger partial charge >= 0.3 is 5.69 Å². The number of hydrogen-bond acceptors (Lipinski definition) is 5. The van der Waals surface area contributed by atoms with Gasteiger partial charge in [-0.2, -0.15) is 0 Å². The fourth-order valence-electron chi connectivity index (χ4n) is 5.18. The summed E-state index contributed by atoms with van der Waals surface area (Å²) >= 11 is 0. The summed E-state index contributed by atoms with van der Waals surface area (Å²) < 4.78 is 21.4. The summed E-state index contributed by atoms with van der Waals surface area (Å²) in [5, 5.41) is 0.0835. The zero-order valence-electron chi connectivity index (χ0n) is 23.2. The van der Waals surface area contributed by atoms with E-state index in [0.717, 1.165) is 16.7 Å². The predicted molar refractivity (Wildman–Crippen MR) is 158 cm³/mol. The van der Waals surface area contributed by atoms with Gasteiger partial charge in [-0.1, -0.05) is 112 Å². The van der Waals surface area contributed by atoms with E-state index in [4.69, 9.17) is 13.9 Å². The van der Waals surface area contributed by atoms with Crippen LogP contribution < -0.4 is 11.2 Å². The standard InChI is InChI=1S/C32H36N2O5Si/c1-31(2,3)40-39-26-21-29(34-20-19-28(35)33-30(34)36)38-27(26)22-37-32(23-13-7-4-8-14-23,24-15-9-5-10-16-24)25-17-11-6-12-18-25/h4-20,26-27,29H,21-22,40H2,1-3H3,(H,33,35,36)/t26?,27-,29-/m0/s1. The smallest absolute Gasteiger partial charge is 0.330 e. The van der Waals surface area contributed by atoms with E-state index in [1.165, 1.54) is 16.8 Å². The number of hydrogen-bond donors (Lipinski definition) is 1. The average molecular weight is 557 g/mol. The van der Waals surface area contributed by atoms with Crippen molar-refractivity contribution in [2.24, 2.45) is 0 Å². The summed E-state index contributed by atoms with van der Waals surface area (Å²) in [6.07, 6.45) is 0.716. The highest BCUT2D eigenvalue weighted by molar-refractivity contribution is 6.31. The van der Waals surface area contributed by atoms with Crippen LogP contribution in [-0.4, -0.2) is 38.1 Å². The number of rotatable bonds is 9. The summed E-state index contributed by atoms with van der Waals surface area (Å²) in [6, 6.07) is 31.9. The first kappa shape index (κ1) is 28.0. The Balaban J connectivity index is 1.52. The highest BCUT2D eigenvalue weighted by Crippen LogP contribution is 2.42. The molecule has 4 aromatic rings. The van der Waals surface area contributed by atoms with E-state index in [0.29, 0.717) is 6.42 Å². The Morgan fingerprint density at radius 3 is 1.85 bits per heavy atom. The molecule has 0 bridgehead atoms. The summed E-state index contributed by atoms with van der Waals surface area (Å²) in [5.41, 5.74) is 1.16. The molecular weight excluding hydrogens is 520 g/mol. The van der Waals surface area contributed by atoms with Crippen LogP contribution in [0, 0.1) is 0 Å². The molecule has 7 nitrogen and oxygen atoms in total. The Labute approximate surface area is 236 Å². The van der Waals surface area contributed by atoms with Crippen molar-refractivity contribution in [3.8, 4) is 0 Å². The molecule has 1 aromatic heterocycles. The number of aromatic nitrogens is 2. The number of aromatic amines is 1. The lowest BCUT2D eigenvalue weighted by Crippen LogP contribution is -2.39. The first-order chi connectivity index (χ1) is 19.3. The Morgan fingerprint density at radius 1 is 0.850 bits per heavy atom. The SMILES string of the molecule is CC(C)(C)[SiH2]OC1C[C@@H](n2ccc(=O)[nH]c2=O)O[C@H]1COC(c1ccccc1)(c1ccccc1)c1ccccc1. The molecule has 3 atom stereocenters. The molecule has 0 saturated carbocycles. The number of nitrogens with zero attached hydrogens (tertiary/aromatic N) is 1. The molecule has 1 unspecified atom stereocenters. The topological polar surface area (TPSA) is 82.6 Å². The molecule has 1 aliphatic heterocycles. The van der Waals surface area contributed by atoms with Crippen molar-refractivity contribution in [1.29, 1.82) is 0 Å². The number of H-pyrrole nitrogens is 1. The highest BCUT2D eigenvalue weighted by atomic mass is 28.2. The Hall–Kier alpha value is -3.56. The van der Waals surface area contributed by atoms with E-state index >= 15 is 0 Å². The van der Waals surface area contributed by atoms with Gasteiger partial charge in [-0.3, -0.25) is 14.3 Å². The van der Waals surface area contributed by atoms with E-state index in [-0.39, 0.29) is 17.7 Å². The van der Waals surface area contributed by atoms with Gasteiger partial charge in [-0.25, -0.2) is 4.79 Å². The van der Waals surface area contributed by atoms with Crippen LogP contribution in [0.4, 0.5) is 0 Å². The largest absolute Gasteiger partial charge is 0.418 e. The third kappa shape index (κ3) is 6.10. The third-order valence-corrected chi connectivity index (χ3v) is 8.54. The molecule has 2 heterocycles. The Kier molecular flexibility index (Phi) is 8.32. The molecule has 0 radical (unpaired) electrons. The molecule has 1 N–H and O–H groups in total. The minimum atomic E-state index is -0.914. The fourth-order valence-corrected chi connectivity index (χ4v) is 6.25. The molecule has 1 saturated heterocycles. The van der Waals surface area contributed by atoms with Gasteiger partial charge in [0, 0.05) is 18.7 Å². The second-order valence-corrected chi connectivity index (χ2v) is 14.1. The molecular formula is C32H36N2O5Si. The number of nitrogens with one attached hydrogen (secondary N) is 1. The molecule has 0 spiro atoms. The van der Waals surface area contributed by atoms with Gasteiger partial charge in [0.25, 0.3) is 5.56 Å². The minimum Gasteiger partial charge on any atom is -0.418 e. The Bertz CT molecular complexity index is 1400. The van der Waals surface area contributed by atoms with Gasteiger partial charge in [-0.05, 0) is 21.7 Å². The monoisotopic (exact) mass is 556 g/mol. The number of ether oxygens (including phenoxy) is 2. The quantitative estimate of drug-likeness (QED) is 0.242. The highest BCUT2D eigenvalue weighted by Gasteiger charge is 2.43. The molecule has 1 fully saturated rings. The van der Waals surface area contributed by atoms with Gasteiger partial charge in [0.1, 0.15) is 17.9 Å². The summed E-state index contributed by atoms with van der Waals surface area (Å²) in [5.74, 6) is 0. The first-order valence-electron chi connectivity index (χ1n) is 13.7. The summed E-state index contributed by atoms with van der Waals surface area (Å²) in [4.78, 5) is 26.6. The molecule has 0 amide bonds. The van der Waals surface area contributed by atoms with E-state index in [1.807, 2.05) is 54.6 Å². The fraction of sp³-hybridized carbons (Fsp3) is 0.312. The van der Waals surface area contributed by atoms with Gasteiger partial charge < -0.3 is 13.9 Å². The second kappa shape index (κ2) is 11.9.